The molecule has 0 bridgehead atoms. The predicted octanol–water partition coefficient (Wildman–Crippen LogP) is 2.54. The zero-order chi connectivity index (χ0) is 13.4. The first-order valence-corrected chi connectivity index (χ1v) is 6.45. The van der Waals surface area contributed by atoms with Gasteiger partial charge in [0.1, 0.15) is 21.9 Å². The van der Waals surface area contributed by atoms with Gasteiger partial charge < -0.3 is 10.0 Å². The lowest BCUT2D eigenvalue weighted by Gasteiger charge is -2.23. The van der Waals surface area contributed by atoms with Gasteiger partial charge in [0, 0.05) is 13.1 Å². The quantitative estimate of drug-likeness (QED) is 0.923. The summed E-state index contributed by atoms with van der Waals surface area (Å²) in [4.78, 5) is 22.7. The van der Waals surface area contributed by atoms with Crippen LogP contribution in [0.25, 0.3) is 10.2 Å². The van der Waals surface area contributed by atoms with E-state index in [1.54, 1.807) is 0 Å². The Labute approximate surface area is 109 Å². The van der Waals surface area contributed by atoms with Crippen molar-refractivity contribution in [3.05, 3.63) is 16.8 Å². The van der Waals surface area contributed by atoms with Crippen LogP contribution in [0.1, 0.15) is 29.1 Å². The van der Waals surface area contributed by atoms with Crippen LogP contribution in [0.2, 0.25) is 0 Å². The van der Waals surface area contributed by atoms with E-state index in [-0.39, 0.29) is 6.04 Å². The van der Waals surface area contributed by atoms with Crippen LogP contribution in [0.4, 0.5) is 5.82 Å². The number of carbonyl (C=O) groups is 1. The van der Waals surface area contributed by atoms with Crippen molar-refractivity contribution >= 4 is 33.3 Å². The van der Waals surface area contributed by atoms with Crippen LogP contribution in [0.15, 0.2) is 6.33 Å². The summed E-state index contributed by atoms with van der Waals surface area (Å²) in [5, 5.41) is 10.00. The number of rotatable bonds is 3. The molecule has 0 spiro atoms. The number of aryl methyl sites for hydroxylation is 1. The van der Waals surface area contributed by atoms with E-state index in [0.29, 0.717) is 4.88 Å². The zero-order valence-electron chi connectivity index (χ0n) is 10.8. The van der Waals surface area contributed by atoms with Gasteiger partial charge in [0.05, 0.1) is 5.39 Å². The lowest BCUT2D eigenvalue weighted by molar-refractivity contribution is 0.0701. The summed E-state index contributed by atoms with van der Waals surface area (Å²) in [5.74, 6) is -0.120. The van der Waals surface area contributed by atoms with Crippen LogP contribution in [0, 0.1) is 6.92 Å². The van der Waals surface area contributed by atoms with Crippen molar-refractivity contribution < 1.29 is 9.90 Å². The van der Waals surface area contributed by atoms with Crippen LogP contribution < -0.4 is 4.90 Å². The number of hydrogen-bond acceptors (Lipinski definition) is 5. The molecule has 1 N–H and O–H groups in total. The summed E-state index contributed by atoms with van der Waals surface area (Å²) in [6.07, 6.45) is 1.48. The molecule has 18 heavy (non-hydrogen) atoms. The highest BCUT2D eigenvalue weighted by Gasteiger charge is 2.20. The Morgan fingerprint density at radius 1 is 1.44 bits per heavy atom. The fourth-order valence-corrected chi connectivity index (χ4v) is 2.75. The summed E-state index contributed by atoms with van der Waals surface area (Å²) >= 11 is 1.20. The number of thiophene rings is 1. The maximum absolute atomic E-state index is 11.2. The summed E-state index contributed by atoms with van der Waals surface area (Å²) in [7, 11) is 1.95. The van der Waals surface area contributed by atoms with E-state index >= 15 is 0 Å². The molecule has 2 heterocycles. The molecule has 0 radical (unpaired) electrons. The Morgan fingerprint density at radius 3 is 2.67 bits per heavy atom. The first-order chi connectivity index (χ1) is 8.43. The van der Waals surface area contributed by atoms with E-state index in [2.05, 4.69) is 23.8 Å². The molecule has 2 rings (SSSR count). The number of anilines is 1. The number of aromatic nitrogens is 2. The first-order valence-electron chi connectivity index (χ1n) is 5.63. The molecular formula is C12H15N3O2S. The molecule has 96 valence electrons. The van der Waals surface area contributed by atoms with Crippen molar-refractivity contribution in [1.29, 1.82) is 0 Å². The third kappa shape index (κ3) is 1.92. The highest BCUT2D eigenvalue weighted by atomic mass is 32.1. The first kappa shape index (κ1) is 12.8. The van der Waals surface area contributed by atoms with Crippen molar-refractivity contribution in [2.24, 2.45) is 0 Å². The summed E-state index contributed by atoms with van der Waals surface area (Å²) in [6, 6.07) is 0.288. The molecule has 0 aliphatic heterocycles. The molecule has 0 amide bonds. The third-order valence-electron chi connectivity index (χ3n) is 3.01. The third-order valence-corrected chi connectivity index (χ3v) is 4.20. The molecule has 2 aromatic rings. The van der Waals surface area contributed by atoms with Gasteiger partial charge in [0.25, 0.3) is 0 Å². The van der Waals surface area contributed by atoms with Crippen LogP contribution in [-0.2, 0) is 0 Å². The van der Waals surface area contributed by atoms with Crippen LogP contribution in [-0.4, -0.2) is 34.1 Å². The fraction of sp³-hybridized carbons (Fsp3) is 0.417. The van der Waals surface area contributed by atoms with E-state index < -0.39 is 5.97 Å². The Bertz CT molecular complexity index is 607. The Kier molecular flexibility index (Phi) is 3.21. The lowest BCUT2D eigenvalue weighted by Crippen LogP contribution is -2.26. The molecule has 5 nitrogen and oxygen atoms in total. The SMILES string of the molecule is Cc1c(C(=O)O)sc2ncnc(N(C)C(C)C)c12. The van der Waals surface area contributed by atoms with Gasteiger partial charge in [-0.1, -0.05) is 0 Å². The molecular weight excluding hydrogens is 250 g/mol. The van der Waals surface area contributed by atoms with E-state index in [1.165, 1.54) is 17.7 Å². The lowest BCUT2D eigenvalue weighted by atomic mass is 10.2. The molecule has 0 fully saturated rings. The number of aromatic carboxylic acids is 1. The molecule has 2 aromatic heterocycles. The molecule has 0 saturated heterocycles. The Balaban J connectivity index is 2.72. The number of carboxylic acids is 1. The molecule has 0 aromatic carbocycles. The number of fused-ring (bicyclic) bond motifs is 1. The average Bonchev–Trinajstić information content (AvgIpc) is 2.66. The second-order valence-electron chi connectivity index (χ2n) is 4.44. The van der Waals surface area contributed by atoms with Gasteiger partial charge in [0.2, 0.25) is 0 Å². The Morgan fingerprint density at radius 2 is 2.11 bits per heavy atom. The van der Waals surface area contributed by atoms with Gasteiger partial charge >= 0.3 is 5.97 Å². The minimum atomic E-state index is -0.909. The van der Waals surface area contributed by atoms with E-state index in [4.69, 9.17) is 5.11 Å². The van der Waals surface area contributed by atoms with Gasteiger partial charge in [-0.3, -0.25) is 0 Å². The smallest absolute Gasteiger partial charge is 0.346 e. The topological polar surface area (TPSA) is 66.3 Å². The van der Waals surface area contributed by atoms with E-state index in [0.717, 1.165) is 21.6 Å². The normalized spacial score (nSPS) is 11.2. The van der Waals surface area contributed by atoms with Crippen molar-refractivity contribution in [1.82, 2.24) is 9.97 Å². The summed E-state index contributed by atoms with van der Waals surface area (Å²) < 4.78 is 0. The van der Waals surface area contributed by atoms with Crippen molar-refractivity contribution in [2.45, 2.75) is 26.8 Å². The van der Waals surface area contributed by atoms with Gasteiger partial charge in [-0.25, -0.2) is 14.8 Å². The number of hydrogen-bond donors (Lipinski definition) is 1. The molecule has 0 aliphatic rings. The van der Waals surface area contributed by atoms with Crippen molar-refractivity contribution in [3.8, 4) is 0 Å². The van der Waals surface area contributed by atoms with Gasteiger partial charge in [-0.05, 0) is 26.3 Å². The standard InChI is InChI=1S/C12H15N3O2S/c1-6(2)15(4)10-8-7(3)9(12(16)17)18-11(8)14-5-13-10/h5-6H,1-4H3,(H,16,17). The van der Waals surface area contributed by atoms with E-state index in [9.17, 15) is 4.79 Å². The van der Waals surface area contributed by atoms with Crippen LogP contribution in [0.3, 0.4) is 0 Å². The number of nitrogens with zero attached hydrogens (tertiary/aromatic N) is 3. The molecule has 0 saturated carbocycles. The second-order valence-corrected chi connectivity index (χ2v) is 5.44. The maximum Gasteiger partial charge on any atom is 0.346 e. The maximum atomic E-state index is 11.2. The van der Waals surface area contributed by atoms with Crippen LogP contribution in [0.5, 0.6) is 0 Å². The molecule has 0 atom stereocenters. The van der Waals surface area contributed by atoms with Gasteiger partial charge in [-0.2, -0.15) is 0 Å². The summed E-state index contributed by atoms with van der Waals surface area (Å²) in [6.45, 7) is 5.94. The molecule has 6 heteroatoms. The highest BCUT2D eigenvalue weighted by Crippen LogP contribution is 2.34. The van der Waals surface area contributed by atoms with Crippen molar-refractivity contribution in [2.75, 3.05) is 11.9 Å². The molecule has 0 unspecified atom stereocenters. The monoisotopic (exact) mass is 265 g/mol. The summed E-state index contributed by atoms with van der Waals surface area (Å²) in [5.41, 5.74) is 0.741. The van der Waals surface area contributed by atoms with E-state index in [1.807, 2.05) is 18.9 Å². The average molecular weight is 265 g/mol. The number of carboxylic acid groups (broad SMARTS) is 1. The van der Waals surface area contributed by atoms with Gasteiger partial charge in [-0.15, -0.1) is 11.3 Å². The fourth-order valence-electron chi connectivity index (χ4n) is 1.77. The molecule has 0 aliphatic carbocycles. The zero-order valence-corrected chi connectivity index (χ0v) is 11.6. The van der Waals surface area contributed by atoms with Crippen LogP contribution >= 0.6 is 11.3 Å². The van der Waals surface area contributed by atoms with Crippen molar-refractivity contribution in [3.63, 3.8) is 0 Å². The predicted molar refractivity (Wildman–Crippen MR) is 72.7 cm³/mol. The Hall–Kier alpha value is -1.69. The minimum Gasteiger partial charge on any atom is -0.477 e. The van der Waals surface area contributed by atoms with Gasteiger partial charge in [0.15, 0.2) is 0 Å². The second kappa shape index (κ2) is 4.53. The highest BCUT2D eigenvalue weighted by molar-refractivity contribution is 7.20. The largest absolute Gasteiger partial charge is 0.477 e. The minimum absolute atomic E-state index is 0.288.